The molecule has 9 nitrogen and oxygen atoms in total. The minimum absolute atomic E-state index is 0. The van der Waals surface area contributed by atoms with E-state index in [0.717, 1.165) is 0 Å². The second-order valence-electron chi connectivity index (χ2n) is 0. The van der Waals surface area contributed by atoms with Gasteiger partial charge in [0, 0.05) is 0 Å². The Kier molecular flexibility index (Phi) is 6630. The molecule has 0 spiro atoms. The molecule has 0 saturated heterocycles. The van der Waals surface area contributed by atoms with Gasteiger partial charge in [0.25, 0.3) is 0 Å². The monoisotopic (exact) mass is 862 g/mol. The molecule has 0 aliphatic rings. The molecular weight excluding hydrogens is 861 g/mol. The molecule has 72 valence electrons. The normalized spacial score (nSPS) is 0. The molecule has 0 aliphatic carbocycles. The molecule has 0 radical (unpaired) electrons. The minimum Gasteiger partial charge on any atom is -2.00 e. The average Bonchev–Trinajstić information content (AvgIpc) is 0. The Bertz CT molecular complexity index is 24.1. The third-order valence-electron chi connectivity index (χ3n) is 0. The largest absolute Gasteiger partial charge is 4.00 e. The van der Waals surface area contributed by atoms with Gasteiger partial charge in [0.05, 0.1) is 0 Å². The number of rotatable bonds is 0. The fraction of sp³-hybridized carbons (Fsp3) is 0. The van der Waals surface area contributed by atoms with Crippen LogP contribution in [0.5, 0.6) is 0 Å². The van der Waals surface area contributed by atoms with Crippen molar-refractivity contribution in [1.29, 1.82) is 0 Å². The molecule has 0 unspecified atom stereocenters. The Morgan fingerprint density at radius 2 is 0.267 bits per heavy atom. The number of hydrogen-bond acceptors (Lipinski definition) is 0. The molecule has 0 rings (SSSR count). The van der Waals surface area contributed by atoms with Crippen molar-refractivity contribution in [3.63, 3.8) is 0 Å². The van der Waals surface area contributed by atoms with Crippen LogP contribution in [-0.2, 0) is 140 Å². The Morgan fingerprint density at radius 1 is 0.267 bits per heavy atom. The first kappa shape index (κ1) is 343. The first-order valence-corrected chi connectivity index (χ1v) is 0. The van der Waals surface area contributed by atoms with Gasteiger partial charge in [-0.2, -0.15) is 0 Å². The van der Waals surface area contributed by atoms with Crippen molar-refractivity contribution in [1.82, 2.24) is 0 Å². The quantitative estimate of drug-likeness (QED) is 0.244. The smallest absolute Gasteiger partial charge is 2.00 e. The first-order valence-electron chi connectivity index (χ1n) is 0. The zero-order valence-corrected chi connectivity index (χ0v) is 27.0. The second kappa shape index (κ2) is 290. The van der Waals surface area contributed by atoms with Crippen molar-refractivity contribution in [3.05, 3.63) is 0 Å². The van der Waals surface area contributed by atoms with Crippen LogP contribution in [-0.4, -0.2) is 51.7 Å². The molecule has 0 fully saturated rings. The van der Waals surface area contributed by atoms with Gasteiger partial charge in [-0.25, -0.2) is 0 Å². The molecule has 0 amide bonds. The van der Waals surface area contributed by atoms with Gasteiger partial charge >= 0.3 is 142 Å². The van der Waals surface area contributed by atoms with Crippen molar-refractivity contribution in [3.8, 4) is 0 Å². The molecule has 0 aromatic heterocycles. The van der Waals surface area contributed by atoms with E-state index in [1.807, 2.05) is 0 Å². The van der Waals surface area contributed by atoms with Crippen molar-refractivity contribution >= 4 is 51.7 Å². The summed E-state index contributed by atoms with van der Waals surface area (Å²) in [6.07, 6.45) is 0. The Balaban J connectivity index is 0. The van der Waals surface area contributed by atoms with E-state index in [0.29, 0.717) is 0 Å². The van der Waals surface area contributed by atoms with E-state index in [9.17, 15) is 0 Å². The van der Waals surface area contributed by atoms with E-state index >= 15 is 0 Å². The van der Waals surface area contributed by atoms with Crippen LogP contribution in [0.2, 0.25) is 0 Å². The number of hydrogen-bond donors (Lipinski definition) is 0. The van der Waals surface area contributed by atoms with Gasteiger partial charge < -0.3 is 49.3 Å². The van der Waals surface area contributed by atoms with Gasteiger partial charge in [0.1, 0.15) is 0 Å². The predicted octanol–water partition coefficient (Wildman–Crippen LogP) is -1.84. The van der Waals surface area contributed by atoms with Gasteiger partial charge in [-0.05, 0) is 0 Å². The van der Waals surface area contributed by atoms with Gasteiger partial charge in [0.15, 0.2) is 0 Å². The SMILES string of the molecule is [Hf+4].[Hf+4].[In+3].[In+3].[O-2].[O-2].[O-2].[O-2].[O-2].[O-2].[O-2].[O-2].[O-2].[Zn+2].[Zn+2]. The standard InChI is InChI=1S/2Hf.2In.9O.2Zn/q2*+4;2*+3;9*-2;2*+2. The van der Waals surface area contributed by atoms with E-state index in [2.05, 4.69) is 0 Å². The molecule has 0 heterocycles. The zero-order chi connectivity index (χ0) is 0. The maximum Gasteiger partial charge on any atom is 4.00 e. The molecule has 0 aromatic rings. The molecule has 0 saturated carbocycles. The van der Waals surface area contributed by atoms with Gasteiger partial charge in [-0.15, -0.1) is 0 Å². The van der Waals surface area contributed by atoms with Crippen molar-refractivity contribution in [2.24, 2.45) is 0 Å². The maximum absolute atomic E-state index is 0. The summed E-state index contributed by atoms with van der Waals surface area (Å²) in [5.41, 5.74) is 0. The maximum atomic E-state index is 0. The fourth-order valence-electron chi connectivity index (χ4n) is 0. The van der Waals surface area contributed by atoms with Crippen LogP contribution >= 0.6 is 0 Å². The van der Waals surface area contributed by atoms with Crippen LogP contribution in [0.25, 0.3) is 0 Å². The summed E-state index contributed by atoms with van der Waals surface area (Å²) in [6.45, 7) is 0. The fourth-order valence-corrected chi connectivity index (χ4v) is 0. The topological polar surface area (TPSA) is 256 Å². The molecule has 0 aromatic carbocycles. The molecule has 0 N–H and O–H groups in total. The van der Waals surface area contributed by atoms with E-state index in [4.69, 9.17) is 0 Å². The van der Waals surface area contributed by atoms with E-state index < -0.39 is 0 Å². The summed E-state index contributed by atoms with van der Waals surface area (Å²) >= 11 is 0. The Hall–Kier alpha value is 4.37. The minimum atomic E-state index is 0. The van der Waals surface area contributed by atoms with Crippen LogP contribution in [0.4, 0.5) is 0 Å². The average molecular weight is 861 g/mol. The molecule has 15 heavy (non-hydrogen) atoms. The summed E-state index contributed by atoms with van der Waals surface area (Å²) in [5, 5.41) is 0. The van der Waals surface area contributed by atoms with E-state index in [1.54, 1.807) is 0 Å². The molecule has 0 atom stereocenters. The molecular formula is Hf2In2O9Zn2. The molecule has 0 bridgehead atoms. The first-order chi connectivity index (χ1) is 0. The van der Waals surface area contributed by atoms with Crippen LogP contribution in [0.3, 0.4) is 0 Å². The van der Waals surface area contributed by atoms with Crippen molar-refractivity contribution < 1.29 is 140 Å². The van der Waals surface area contributed by atoms with Gasteiger partial charge in [0.2, 0.25) is 0 Å². The Morgan fingerprint density at radius 3 is 0.267 bits per heavy atom. The van der Waals surface area contributed by atoms with Crippen LogP contribution in [0.15, 0.2) is 0 Å². The second-order valence-corrected chi connectivity index (χ2v) is 0. The molecule has 15 heteroatoms. The summed E-state index contributed by atoms with van der Waals surface area (Å²) in [4.78, 5) is 0. The summed E-state index contributed by atoms with van der Waals surface area (Å²) in [7, 11) is 0. The van der Waals surface area contributed by atoms with Crippen LogP contribution in [0.1, 0.15) is 0 Å². The van der Waals surface area contributed by atoms with Gasteiger partial charge in [-0.3, -0.25) is 0 Å². The Labute approximate surface area is 188 Å². The van der Waals surface area contributed by atoms with Gasteiger partial charge in [-0.1, -0.05) is 0 Å². The van der Waals surface area contributed by atoms with Crippen LogP contribution in [0, 0.1) is 0 Å². The predicted molar refractivity (Wildman–Crippen MR) is 17.7 cm³/mol. The van der Waals surface area contributed by atoms with Crippen molar-refractivity contribution in [2.45, 2.75) is 0 Å². The van der Waals surface area contributed by atoms with E-state index in [-0.39, 0.29) is 192 Å². The third-order valence-corrected chi connectivity index (χ3v) is 0. The summed E-state index contributed by atoms with van der Waals surface area (Å²) < 4.78 is 0. The van der Waals surface area contributed by atoms with Crippen molar-refractivity contribution in [2.75, 3.05) is 0 Å². The summed E-state index contributed by atoms with van der Waals surface area (Å²) in [6, 6.07) is 0. The molecule has 0 aliphatic heterocycles. The van der Waals surface area contributed by atoms with E-state index in [1.165, 1.54) is 0 Å². The zero-order valence-electron chi connectivity index (χ0n) is 7.24. The third kappa shape index (κ3) is 258. The van der Waals surface area contributed by atoms with Crippen LogP contribution < -0.4 is 0 Å². The summed E-state index contributed by atoms with van der Waals surface area (Å²) in [5.74, 6) is 0.